The Morgan fingerprint density at radius 2 is 1.81 bits per heavy atom. The molecule has 0 saturated heterocycles. The van der Waals surface area contributed by atoms with Crippen LogP contribution in [0.5, 0.6) is 5.75 Å². The molecule has 0 fully saturated rings. The molecule has 112 valence electrons. The maximum atomic E-state index is 12.4. The minimum atomic E-state index is -3.78. The van der Waals surface area contributed by atoms with Crippen molar-refractivity contribution in [3.05, 3.63) is 50.4 Å². The number of rotatable bonds is 4. The molecule has 8 heteroatoms. The lowest BCUT2D eigenvalue weighted by Crippen LogP contribution is -2.13. The van der Waals surface area contributed by atoms with Crippen LogP contribution in [-0.4, -0.2) is 15.5 Å². The summed E-state index contributed by atoms with van der Waals surface area (Å²) in [4.78, 5) is 0.00584. The molecule has 0 heterocycles. The van der Waals surface area contributed by atoms with Crippen LogP contribution in [0.1, 0.15) is 0 Å². The minimum absolute atomic E-state index is 0.00584. The molecule has 0 aliphatic rings. The van der Waals surface area contributed by atoms with Gasteiger partial charge in [-0.15, -0.1) is 0 Å². The van der Waals surface area contributed by atoms with Crippen molar-refractivity contribution < 1.29 is 13.2 Å². The monoisotopic (exact) mass is 453 g/mol. The highest BCUT2D eigenvalue weighted by Gasteiger charge is 2.18. The Morgan fingerprint density at radius 3 is 2.43 bits per heavy atom. The predicted octanol–water partition coefficient (Wildman–Crippen LogP) is 4.67. The Morgan fingerprint density at radius 1 is 1.10 bits per heavy atom. The van der Waals surface area contributed by atoms with Crippen molar-refractivity contribution in [2.75, 3.05) is 11.8 Å². The second-order valence-corrected chi connectivity index (χ2v) is 7.95. The molecule has 0 aliphatic heterocycles. The number of hydrogen-bond donors (Lipinski definition) is 1. The number of methoxy groups -OCH3 is 1. The lowest BCUT2D eigenvalue weighted by Gasteiger charge is -2.11. The molecule has 0 radical (unpaired) electrons. The van der Waals surface area contributed by atoms with Crippen LogP contribution in [0.3, 0.4) is 0 Å². The first-order valence-electron chi connectivity index (χ1n) is 5.64. The number of anilines is 1. The summed E-state index contributed by atoms with van der Waals surface area (Å²) < 4.78 is 33.7. The smallest absolute Gasteiger partial charge is 0.263 e. The number of nitrogens with one attached hydrogen (secondary N) is 1. The van der Waals surface area contributed by atoms with Gasteiger partial charge in [-0.2, -0.15) is 0 Å². The molecule has 0 atom stereocenters. The summed E-state index contributed by atoms with van der Waals surface area (Å²) in [5.74, 6) is 0.531. The summed E-state index contributed by atoms with van der Waals surface area (Å²) in [6, 6.07) is 9.51. The normalized spacial score (nSPS) is 11.2. The van der Waals surface area contributed by atoms with Crippen LogP contribution in [0.15, 0.2) is 50.2 Å². The molecule has 0 bridgehead atoms. The molecule has 1 N–H and O–H groups in total. The van der Waals surface area contributed by atoms with Crippen LogP contribution < -0.4 is 9.46 Å². The number of benzene rings is 2. The van der Waals surface area contributed by atoms with Crippen LogP contribution in [0, 0.1) is 0 Å². The van der Waals surface area contributed by atoms with E-state index in [0.29, 0.717) is 20.4 Å². The van der Waals surface area contributed by atoms with Gasteiger partial charge in [-0.05, 0) is 30.3 Å². The van der Waals surface area contributed by atoms with E-state index in [4.69, 9.17) is 16.3 Å². The van der Waals surface area contributed by atoms with E-state index in [9.17, 15) is 8.42 Å². The van der Waals surface area contributed by atoms with E-state index in [1.807, 2.05) is 0 Å². The van der Waals surface area contributed by atoms with E-state index >= 15 is 0 Å². The van der Waals surface area contributed by atoms with Gasteiger partial charge in [0.1, 0.15) is 10.6 Å². The summed E-state index contributed by atoms with van der Waals surface area (Å²) in [7, 11) is -2.28. The van der Waals surface area contributed by atoms with E-state index in [-0.39, 0.29) is 9.92 Å². The molecule has 0 amide bonds. The zero-order valence-electron chi connectivity index (χ0n) is 10.7. The topological polar surface area (TPSA) is 55.4 Å². The predicted molar refractivity (Wildman–Crippen MR) is 90.7 cm³/mol. The molecular formula is C13H10Br2ClNO3S. The summed E-state index contributed by atoms with van der Waals surface area (Å²) in [6.45, 7) is 0. The fraction of sp³-hybridized carbons (Fsp3) is 0.0769. The van der Waals surface area contributed by atoms with Gasteiger partial charge in [0.05, 0.1) is 17.8 Å². The number of sulfonamides is 1. The molecule has 21 heavy (non-hydrogen) atoms. The zero-order chi connectivity index (χ0) is 15.6. The van der Waals surface area contributed by atoms with Crippen LogP contribution in [0.2, 0.25) is 5.02 Å². The summed E-state index contributed by atoms with van der Waals surface area (Å²) in [5, 5.41) is 0.138. The van der Waals surface area contributed by atoms with Gasteiger partial charge < -0.3 is 4.74 Å². The Balaban J connectivity index is 2.39. The molecule has 2 aromatic carbocycles. The highest BCUT2D eigenvalue weighted by atomic mass is 79.9. The quantitative estimate of drug-likeness (QED) is 0.729. The first-order valence-corrected chi connectivity index (χ1v) is 9.09. The molecule has 4 nitrogen and oxygen atoms in total. The van der Waals surface area contributed by atoms with Crippen LogP contribution in [0.4, 0.5) is 5.69 Å². The Kier molecular flexibility index (Phi) is 5.19. The van der Waals surface area contributed by atoms with Gasteiger partial charge in [-0.3, -0.25) is 4.72 Å². The van der Waals surface area contributed by atoms with Gasteiger partial charge in [-0.25, -0.2) is 8.42 Å². The first-order chi connectivity index (χ1) is 9.81. The summed E-state index contributed by atoms with van der Waals surface area (Å²) in [6.07, 6.45) is 0. The third-order valence-electron chi connectivity index (χ3n) is 2.54. The van der Waals surface area contributed by atoms with E-state index in [2.05, 4.69) is 36.6 Å². The maximum Gasteiger partial charge on any atom is 0.263 e. The summed E-state index contributed by atoms with van der Waals surface area (Å²) in [5.41, 5.74) is 0.375. The highest BCUT2D eigenvalue weighted by molar-refractivity contribution is 9.10. The standard InChI is InChI=1S/C13H10Br2ClNO3S/c1-20-11-5-9(15)4-10(7-11)17-21(18,19)13-3-2-8(14)6-12(13)16/h2-7,17H,1H3. The molecule has 2 aromatic rings. The van der Waals surface area contributed by atoms with Gasteiger partial charge >= 0.3 is 0 Å². The van der Waals surface area contributed by atoms with Crippen LogP contribution >= 0.6 is 43.5 Å². The molecule has 2 rings (SSSR count). The number of halogens is 3. The van der Waals surface area contributed by atoms with Crippen molar-refractivity contribution in [2.45, 2.75) is 4.90 Å². The van der Waals surface area contributed by atoms with E-state index < -0.39 is 10.0 Å². The van der Waals surface area contributed by atoms with Crippen LogP contribution in [0.25, 0.3) is 0 Å². The van der Waals surface area contributed by atoms with E-state index in [0.717, 1.165) is 0 Å². The Hall–Kier alpha value is -0.760. The molecule has 0 spiro atoms. The van der Waals surface area contributed by atoms with E-state index in [1.165, 1.54) is 19.2 Å². The van der Waals surface area contributed by atoms with Gasteiger partial charge in [-0.1, -0.05) is 43.5 Å². The average molecular weight is 456 g/mol. The van der Waals surface area contributed by atoms with Crippen molar-refractivity contribution in [1.82, 2.24) is 0 Å². The molecule has 0 aromatic heterocycles. The van der Waals surface area contributed by atoms with Crippen molar-refractivity contribution in [3.8, 4) is 5.75 Å². The lowest BCUT2D eigenvalue weighted by atomic mass is 10.3. The third-order valence-corrected chi connectivity index (χ3v) is 5.36. The molecule has 0 unspecified atom stereocenters. The number of ether oxygens (including phenoxy) is 1. The second kappa shape index (κ2) is 6.56. The second-order valence-electron chi connectivity index (χ2n) is 4.06. The van der Waals surface area contributed by atoms with Crippen molar-refractivity contribution in [3.63, 3.8) is 0 Å². The Labute approximate surface area is 144 Å². The van der Waals surface area contributed by atoms with Gasteiger partial charge in [0, 0.05) is 15.0 Å². The van der Waals surface area contributed by atoms with Gasteiger partial charge in [0.2, 0.25) is 0 Å². The van der Waals surface area contributed by atoms with Crippen LogP contribution in [-0.2, 0) is 10.0 Å². The first kappa shape index (κ1) is 16.6. The van der Waals surface area contributed by atoms with Crippen molar-refractivity contribution in [2.24, 2.45) is 0 Å². The molecular weight excluding hydrogens is 445 g/mol. The minimum Gasteiger partial charge on any atom is -0.497 e. The zero-order valence-corrected chi connectivity index (χ0v) is 15.5. The summed E-state index contributed by atoms with van der Waals surface area (Å²) >= 11 is 12.5. The van der Waals surface area contributed by atoms with Gasteiger partial charge in [0.25, 0.3) is 10.0 Å². The lowest BCUT2D eigenvalue weighted by molar-refractivity contribution is 0.415. The third kappa shape index (κ3) is 4.12. The largest absolute Gasteiger partial charge is 0.497 e. The van der Waals surface area contributed by atoms with Gasteiger partial charge in [0.15, 0.2) is 0 Å². The van der Waals surface area contributed by atoms with Crippen molar-refractivity contribution in [1.29, 1.82) is 0 Å². The maximum absolute atomic E-state index is 12.4. The highest BCUT2D eigenvalue weighted by Crippen LogP contribution is 2.29. The Bertz CT molecular complexity index is 781. The van der Waals surface area contributed by atoms with E-state index in [1.54, 1.807) is 24.3 Å². The molecule has 0 aliphatic carbocycles. The van der Waals surface area contributed by atoms with Crippen molar-refractivity contribution >= 4 is 59.2 Å². The molecule has 0 saturated carbocycles. The fourth-order valence-electron chi connectivity index (χ4n) is 1.64. The SMILES string of the molecule is COc1cc(Br)cc(NS(=O)(=O)c2ccc(Br)cc2Cl)c1. The number of hydrogen-bond acceptors (Lipinski definition) is 3. The fourth-order valence-corrected chi connectivity index (χ4v) is 4.19. The average Bonchev–Trinajstić information content (AvgIpc) is 2.36.